The van der Waals surface area contributed by atoms with Crippen molar-refractivity contribution >= 4 is 10.8 Å². The number of rotatable bonds is 1. The molecule has 0 spiro atoms. The third kappa shape index (κ3) is 1.38. The average molecular weight is 199 g/mol. The highest BCUT2D eigenvalue weighted by Gasteiger charge is 2.39. The molecule has 0 radical (unpaired) electrons. The summed E-state index contributed by atoms with van der Waals surface area (Å²) in [6.07, 6.45) is 2.16. The fraction of sp³-hybridized carbons (Fsp3) is 0.231. The smallest absolute Gasteiger partial charge is 0.116 e. The maximum atomic E-state index is 9.35. The number of fused-ring (bicyclic) bond motifs is 1. The van der Waals surface area contributed by atoms with E-state index in [9.17, 15) is 5.11 Å². The van der Waals surface area contributed by atoms with Gasteiger partial charge in [0.05, 0.1) is 0 Å². The molecular formula is C13H13NO. The van der Waals surface area contributed by atoms with Crippen molar-refractivity contribution in [1.82, 2.24) is 0 Å². The van der Waals surface area contributed by atoms with Gasteiger partial charge in [0.1, 0.15) is 5.75 Å². The summed E-state index contributed by atoms with van der Waals surface area (Å²) in [5, 5.41) is 11.5. The van der Waals surface area contributed by atoms with Gasteiger partial charge in [0.2, 0.25) is 0 Å². The molecule has 3 N–H and O–H groups in total. The molecule has 0 unspecified atom stereocenters. The second-order valence-corrected chi connectivity index (χ2v) is 4.40. The summed E-state index contributed by atoms with van der Waals surface area (Å²) in [5.41, 5.74) is 7.27. The van der Waals surface area contributed by atoms with Gasteiger partial charge in [-0.15, -0.1) is 0 Å². The van der Waals surface area contributed by atoms with Gasteiger partial charge < -0.3 is 10.8 Å². The quantitative estimate of drug-likeness (QED) is 0.741. The lowest BCUT2D eigenvalue weighted by molar-refractivity contribution is 0.476. The van der Waals surface area contributed by atoms with E-state index >= 15 is 0 Å². The Hall–Kier alpha value is -1.54. The van der Waals surface area contributed by atoms with Crippen LogP contribution in [0.25, 0.3) is 10.8 Å². The molecule has 0 heterocycles. The van der Waals surface area contributed by atoms with E-state index in [1.165, 1.54) is 5.56 Å². The molecule has 76 valence electrons. The van der Waals surface area contributed by atoms with Crippen molar-refractivity contribution in [2.75, 3.05) is 0 Å². The molecule has 1 saturated carbocycles. The van der Waals surface area contributed by atoms with Crippen LogP contribution in [-0.2, 0) is 5.54 Å². The van der Waals surface area contributed by atoms with Gasteiger partial charge in [-0.25, -0.2) is 0 Å². The van der Waals surface area contributed by atoms with Gasteiger partial charge in [-0.2, -0.15) is 0 Å². The first kappa shape index (κ1) is 8.74. The van der Waals surface area contributed by atoms with Gasteiger partial charge in [0.15, 0.2) is 0 Å². The first-order chi connectivity index (χ1) is 7.17. The van der Waals surface area contributed by atoms with Crippen LogP contribution in [0.2, 0.25) is 0 Å². The summed E-state index contributed by atoms with van der Waals surface area (Å²) < 4.78 is 0. The highest BCUT2D eigenvalue weighted by molar-refractivity contribution is 5.84. The number of benzene rings is 2. The highest BCUT2D eigenvalue weighted by Crippen LogP contribution is 2.43. The summed E-state index contributed by atoms with van der Waals surface area (Å²) >= 11 is 0. The number of hydrogen-bond acceptors (Lipinski definition) is 2. The lowest BCUT2D eigenvalue weighted by Crippen LogP contribution is -2.18. The topological polar surface area (TPSA) is 46.2 Å². The van der Waals surface area contributed by atoms with Crippen LogP contribution in [-0.4, -0.2) is 5.11 Å². The average Bonchev–Trinajstić information content (AvgIpc) is 2.97. The molecule has 1 aliphatic carbocycles. The van der Waals surface area contributed by atoms with Crippen molar-refractivity contribution in [3.8, 4) is 5.75 Å². The minimum absolute atomic E-state index is 0.0773. The standard InChI is InChI=1S/C13H13NO/c14-13(5-6-13)11-3-1-10-8-12(15)4-2-9(10)7-11/h1-4,7-8,15H,5-6,14H2. The predicted octanol–water partition coefficient (Wildman–Crippen LogP) is 2.49. The first-order valence-corrected chi connectivity index (χ1v) is 5.20. The minimum Gasteiger partial charge on any atom is -0.508 e. The molecule has 2 aromatic rings. The number of phenols is 1. The number of phenolic OH excluding ortho intramolecular Hbond substituents is 1. The van der Waals surface area contributed by atoms with Crippen molar-refractivity contribution in [3.05, 3.63) is 42.0 Å². The molecule has 0 saturated heterocycles. The summed E-state index contributed by atoms with van der Waals surface area (Å²) in [4.78, 5) is 0. The van der Waals surface area contributed by atoms with E-state index in [4.69, 9.17) is 5.73 Å². The third-order valence-corrected chi connectivity index (χ3v) is 3.19. The molecule has 3 rings (SSSR count). The molecular weight excluding hydrogens is 186 g/mol. The van der Waals surface area contributed by atoms with Crippen LogP contribution in [0.15, 0.2) is 36.4 Å². The minimum atomic E-state index is -0.0773. The Morgan fingerprint density at radius 1 is 1.00 bits per heavy atom. The Labute approximate surface area is 88.3 Å². The van der Waals surface area contributed by atoms with Gasteiger partial charge in [0, 0.05) is 5.54 Å². The maximum absolute atomic E-state index is 9.35. The SMILES string of the molecule is NC1(c2ccc3cc(O)ccc3c2)CC1. The van der Waals surface area contributed by atoms with Crippen LogP contribution in [0.1, 0.15) is 18.4 Å². The Bertz CT molecular complexity index is 529. The van der Waals surface area contributed by atoms with E-state index < -0.39 is 0 Å². The van der Waals surface area contributed by atoms with Crippen LogP contribution in [0.4, 0.5) is 0 Å². The molecule has 2 aromatic carbocycles. The number of nitrogens with two attached hydrogens (primary N) is 1. The second-order valence-electron chi connectivity index (χ2n) is 4.40. The fourth-order valence-corrected chi connectivity index (χ4v) is 1.97. The molecule has 1 fully saturated rings. The summed E-state index contributed by atoms with van der Waals surface area (Å²) in [6.45, 7) is 0. The van der Waals surface area contributed by atoms with Crippen molar-refractivity contribution in [3.63, 3.8) is 0 Å². The molecule has 0 bridgehead atoms. The lowest BCUT2D eigenvalue weighted by atomic mass is 10.0. The summed E-state index contributed by atoms with van der Waals surface area (Å²) in [7, 11) is 0. The van der Waals surface area contributed by atoms with Gasteiger partial charge >= 0.3 is 0 Å². The van der Waals surface area contributed by atoms with Crippen molar-refractivity contribution in [2.45, 2.75) is 18.4 Å². The lowest BCUT2D eigenvalue weighted by Gasteiger charge is -2.10. The number of aromatic hydroxyl groups is 1. The van der Waals surface area contributed by atoms with Crippen LogP contribution in [0, 0.1) is 0 Å². The zero-order valence-corrected chi connectivity index (χ0v) is 8.40. The summed E-state index contributed by atoms with van der Waals surface area (Å²) in [5.74, 6) is 0.309. The largest absolute Gasteiger partial charge is 0.508 e. The van der Waals surface area contributed by atoms with Crippen LogP contribution < -0.4 is 5.73 Å². The van der Waals surface area contributed by atoms with Gasteiger partial charge in [-0.3, -0.25) is 0 Å². The zero-order valence-electron chi connectivity index (χ0n) is 8.40. The fourth-order valence-electron chi connectivity index (χ4n) is 1.97. The zero-order chi connectivity index (χ0) is 10.5. The van der Waals surface area contributed by atoms with Crippen molar-refractivity contribution in [1.29, 1.82) is 0 Å². The molecule has 15 heavy (non-hydrogen) atoms. The van der Waals surface area contributed by atoms with E-state index in [-0.39, 0.29) is 5.54 Å². The normalized spacial score (nSPS) is 17.9. The van der Waals surface area contributed by atoms with Crippen LogP contribution >= 0.6 is 0 Å². The van der Waals surface area contributed by atoms with E-state index in [2.05, 4.69) is 12.1 Å². The summed E-state index contributed by atoms with van der Waals surface area (Å²) in [6, 6.07) is 11.6. The van der Waals surface area contributed by atoms with E-state index in [0.29, 0.717) is 5.75 Å². The van der Waals surface area contributed by atoms with Crippen LogP contribution in [0.3, 0.4) is 0 Å². The van der Waals surface area contributed by atoms with Gasteiger partial charge in [-0.1, -0.05) is 18.2 Å². The molecule has 2 nitrogen and oxygen atoms in total. The van der Waals surface area contributed by atoms with E-state index in [1.807, 2.05) is 12.1 Å². The van der Waals surface area contributed by atoms with Gasteiger partial charge in [-0.05, 0) is 47.4 Å². The van der Waals surface area contributed by atoms with E-state index in [0.717, 1.165) is 23.6 Å². The highest BCUT2D eigenvalue weighted by atomic mass is 16.3. The maximum Gasteiger partial charge on any atom is 0.116 e. The van der Waals surface area contributed by atoms with Crippen molar-refractivity contribution in [2.24, 2.45) is 5.73 Å². The Balaban J connectivity index is 2.18. The van der Waals surface area contributed by atoms with Crippen LogP contribution in [0.5, 0.6) is 5.75 Å². The molecule has 0 atom stereocenters. The molecule has 0 amide bonds. The third-order valence-electron chi connectivity index (χ3n) is 3.19. The first-order valence-electron chi connectivity index (χ1n) is 5.20. The van der Waals surface area contributed by atoms with E-state index in [1.54, 1.807) is 12.1 Å². The molecule has 1 aliphatic rings. The Morgan fingerprint density at radius 3 is 2.40 bits per heavy atom. The number of hydrogen-bond donors (Lipinski definition) is 2. The predicted molar refractivity (Wildman–Crippen MR) is 60.7 cm³/mol. The van der Waals surface area contributed by atoms with Gasteiger partial charge in [0.25, 0.3) is 0 Å². The molecule has 0 aromatic heterocycles. The van der Waals surface area contributed by atoms with Crippen molar-refractivity contribution < 1.29 is 5.11 Å². The molecule has 2 heteroatoms. The Kier molecular flexibility index (Phi) is 1.59. The monoisotopic (exact) mass is 199 g/mol. The Morgan fingerprint density at radius 2 is 1.67 bits per heavy atom. The molecule has 0 aliphatic heterocycles. The second kappa shape index (κ2) is 2.74.